The summed E-state index contributed by atoms with van der Waals surface area (Å²) in [4.78, 5) is 0. The molecule has 0 bridgehead atoms. The van der Waals surface area contributed by atoms with Gasteiger partial charge in [0.15, 0.2) is 0 Å². The van der Waals surface area contributed by atoms with Gasteiger partial charge in [0.05, 0.1) is 0 Å². The van der Waals surface area contributed by atoms with E-state index in [2.05, 4.69) is 51.6 Å². The fraction of sp³-hybridized carbons (Fsp3) is 0.250. The summed E-state index contributed by atoms with van der Waals surface area (Å²) in [6, 6.07) is 15.1. The molecule has 0 fully saturated rings. The molecule has 1 N–H and O–H groups in total. The van der Waals surface area contributed by atoms with Crippen LogP contribution in [0.25, 0.3) is 0 Å². The van der Waals surface area contributed by atoms with Gasteiger partial charge in [-0.2, -0.15) is 0 Å². The van der Waals surface area contributed by atoms with E-state index >= 15 is 0 Å². The van der Waals surface area contributed by atoms with Crippen LogP contribution < -0.4 is 5.32 Å². The standard InChI is InChI=1S/C16H15BrClN/c17-15-9-13(18)7-5-12(15)10-19-16-8-6-11-3-1-2-4-14(11)16/h1-5,7,9,16,19H,6,8,10H2. The Morgan fingerprint density at radius 1 is 1.21 bits per heavy atom. The average Bonchev–Trinajstić information content (AvgIpc) is 2.81. The lowest BCUT2D eigenvalue weighted by atomic mass is 10.1. The fourth-order valence-electron chi connectivity index (χ4n) is 2.67. The van der Waals surface area contributed by atoms with Gasteiger partial charge in [-0.1, -0.05) is 57.9 Å². The third kappa shape index (κ3) is 2.86. The molecule has 1 unspecified atom stereocenters. The van der Waals surface area contributed by atoms with E-state index in [4.69, 9.17) is 11.6 Å². The average molecular weight is 337 g/mol. The second-order valence-electron chi connectivity index (χ2n) is 4.91. The minimum absolute atomic E-state index is 0.471. The van der Waals surface area contributed by atoms with Gasteiger partial charge >= 0.3 is 0 Å². The summed E-state index contributed by atoms with van der Waals surface area (Å²) in [5.74, 6) is 0. The highest BCUT2D eigenvalue weighted by atomic mass is 79.9. The van der Waals surface area contributed by atoms with Crippen LogP contribution >= 0.6 is 27.5 Å². The molecule has 1 aliphatic carbocycles. The third-order valence-electron chi connectivity index (χ3n) is 3.69. The van der Waals surface area contributed by atoms with Gasteiger partial charge in [-0.3, -0.25) is 0 Å². The van der Waals surface area contributed by atoms with E-state index in [9.17, 15) is 0 Å². The molecule has 1 atom stereocenters. The summed E-state index contributed by atoms with van der Waals surface area (Å²) >= 11 is 9.52. The lowest BCUT2D eigenvalue weighted by Crippen LogP contribution is -2.18. The van der Waals surface area contributed by atoms with Gasteiger partial charge in [-0.15, -0.1) is 0 Å². The molecule has 0 spiro atoms. The molecule has 19 heavy (non-hydrogen) atoms. The maximum Gasteiger partial charge on any atom is 0.0417 e. The van der Waals surface area contributed by atoms with Gasteiger partial charge in [0.2, 0.25) is 0 Å². The maximum absolute atomic E-state index is 5.96. The Kier molecular flexibility index (Phi) is 3.92. The quantitative estimate of drug-likeness (QED) is 0.842. The van der Waals surface area contributed by atoms with Crippen molar-refractivity contribution in [3.63, 3.8) is 0 Å². The Bertz CT molecular complexity index is 597. The van der Waals surface area contributed by atoms with Gasteiger partial charge < -0.3 is 5.32 Å². The summed E-state index contributed by atoms with van der Waals surface area (Å²) in [5, 5.41) is 4.41. The molecule has 0 saturated heterocycles. The van der Waals surface area contributed by atoms with E-state index in [0.29, 0.717) is 6.04 Å². The van der Waals surface area contributed by atoms with Crippen molar-refractivity contribution in [1.29, 1.82) is 0 Å². The summed E-state index contributed by atoms with van der Waals surface area (Å²) in [6.45, 7) is 0.858. The molecule has 0 amide bonds. The Morgan fingerprint density at radius 3 is 2.89 bits per heavy atom. The van der Waals surface area contributed by atoms with Crippen molar-refractivity contribution < 1.29 is 0 Å². The van der Waals surface area contributed by atoms with E-state index in [1.807, 2.05) is 12.1 Å². The fourth-order valence-corrected chi connectivity index (χ4v) is 3.49. The van der Waals surface area contributed by atoms with Crippen LogP contribution in [-0.2, 0) is 13.0 Å². The van der Waals surface area contributed by atoms with Crippen molar-refractivity contribution in [2.24, 2.45) is 0 Å². The number of hydrogen-bond donors (Lipinski definition) is 1. The normalized spacial score (nSPS) is 17.5. The van der Waals surface area contributed by atoms with Crippen molar-refractivity contribution in [2.75, 3.05) is 0 Å². The molecule has 3 heteroatoms. The molecule has 0 radical (unpaired) electrons. The molecule has 0 aromatic heterocycles. The molecule has 2 aromatic rings. The van der Waals surface area contributed by atoms with Crippen molar-refractivity contribution in [3.05, 3.63) is 68.7 Å². The maximum atomic E-state index is 5.96. The molecular formula is C16H15BrClN. The first-order valence-electron chi connectivity index (χ1n) is 6.49. The van der Waals surface area contributed by atoms with Crippen molar-refractivity contribution in [1.82, 2.24) is 5.32 Å². The molecule has 2 aromatic carbocycles. The Labute approximate surface area is 127 Å². The zero-order valence-corrected chi connectivity index (χ0v) is 12.8. The molecular weight excluding hydrogens is 322 g/mol. The van der Waals surface area contributed by atoms with Crippen LogP contribution in [0.2, 0.25) is 5.02 Å². The highest BCUT2D eigenvalue weighted by Gasteiger charge is 2.21. The van der Waals surface area contributed by atoms with Gasteiger partial charge in [0.1, 0.15) is 0 Å². The highest BCUT2D eigenvalue weighted by Crippen LogP contribution is 2.31. The molecule has 0 heterocycles. The molecule has 1 nitrogen and oxygen atoms in total. The predicted octanol–water partition coefficient (Wildman–Crippen LogP) is 4.88. The van der Waals surface area contributed by atoms with Gasteiger partial charge in [0.25, 0.3) is 0 Å². The number of nitrogens with one attached hydrogen (secondary N) is 1. The number of benzene rings is 2. The van der Waals surface area contributed by atoms with E-state index in [1.54, 1.807) is 0 Å². The van der Waals surface area contributed by atoms with E-state index in [0.717, 1.165) is 16.0 Å². The van der Waals surface area contributed by atoms with Crippen LogP contribution in [0.3, 0.4) is 0 Å². The topological polar surface area (TPSA) is 12.0 Å². The van der Waals surface area contributed by atoms with Crippen LogP contribution in [0.15, 0.2) is 46.9 Å². The zero-order valence-electron chi connectivity index (χ0n) is 10.5. The number of rotatable bonds is 3. The molecule has 0 aliphatic heterocycles. The number of aryl methyl sites for hydroxylation is 1. The first-order valence-corrected chi connectivity index (χ1v) is 7.66. The predicted molar refractivity (Wildman–Crippen MR) is 83.5 cm³/mol. The SMILES string of the molecule is Clc1ccc(CNC2CCc3ccccc32)c(Br)c1. The zero-order chi connectivity index (χ0) is 13.2. The molecule has 0 saturated carbocycles. The van der Waals surface area contributed by atoms with Crippen molar-refractivity contribution >= 4 is 27.5 Å². The largest absolute Gasteiger partial charge is 0.306 e. The van der Waals surface area contributed by atoms with E-state index in [1.165, 1.54) is 29.5 Å². The lowest BCUT2D eigenvalue weighted by Gasteiger charge is -2.15. The summed E-state index contributed by atoms with van der Waals surface area (Å²) in [6.07, 6.45) is 2.36. The summed E-state index contributed by atoms with van der Waals surface area (Å²) in [7, 11) is 0. The van der Waals surface area contributed by atoms with E-state index in [-0.39, 0.29) is 0 Å². The van der Waals surface area contributed by atoms with Crippen LogP contribution in [0.5, 0.6) is 0 Å². The Hall–Kier alpha value is -0.830. The molecule has 1 aliphatic rings. The Balaban J connectivity index is 1.71. The minimum atomic E-state index is 0.471. The van der Waals surface area contributed by atoms with E-state index < -0.39 is 0 Å². The van der Waals surface area contributed by atoms with Crippen LogP contribution in [0, 0.1) is 0 Å². The van der Waals surface area contributed by atoms with Crippen LogP contribution in [-0.4, -0.2) is 0 Å². The minimum Gasteiger partial charge on any atom is -0.306 e. The monoisotopic (exact) mass is 335 g/mol. The smallest absolute Gasteiger partial charge is 0.0417 e. The number of fused-ring (bicyclic) bond motifs is 1. The third-order valence-corrected chi connectivity index (χ3v) is 4.66. The summed E-state index contributed by atoms with van der Waals surface area (Å²) < 4.78 is 1.07. The van der Waals surface area contributed by atoms with Gasteiger partial charge in [-0.05, 0) is 41.7 Å². The van der Waals surface area contributed by atoms with Crippen LogP contribution in [0.4, 0.5) is 0 Å². The first kappa shape index (κ1) is 13.2. The number of hydrogen-bond acceptors (Lipinski definition) is 1. The van der Waals surface area contributed by atoms with Crippen molar-refractivity contribution in [2.45, 2.75) is 25.4 Å². The summed E-state index contributed by atoms with van der Waals surface area (Å²) in [5.41, 5.74) is 4.18. The molecule has 3 rings (SSSR count). The van der Waals surface area contributed by atoms with Crippen molar-refractivity contribution in [3.8, 4) is 0 Å². The first-order chi connectivity index (χ1) is 9.24. The second kappa shape index (κ2) is 5.66. The lowest BCUT2D eigenvalue weighted by molar-refractivity contribution is 0.529. The molecule has 98 valence electrons. The Morgan fingerprint density at radius 2 is 2.05 bits per heavy atom. The van der Waals surface area contributed by atoms with Crippen LogP contribution in [0.1, 0.15) is 29.2 Å². The second-order valence-corrected chi connectivity index (χ2v) is 6.20. The van der Waals surface area contributed by atoms with Gasteiger partial charge in [-0.25, -0.2) is 0 Å². The number of halogens is 2. The highest BCUT2D eigenvalue weighted by molar-refractivity contribution is 9.10. The van der Waals surface area contributed by atoms with Gasteiger partial charge in [0, 0.05) is 22.1 Å².